The zero-order valence-corrected chi connectivity index (χ0v) is 14.9. The monoisotopic (exact) mass is 361 g/mol. The van der Waals surface area contributed by atoms with Crippen LogP contribution in [-0.4, -0.2) is 28.4 Å². The molecular weight excluding hydrogens is 341 g/mol. The third-order valence-electron chi connectivity index (χ3n) is 4.56. The van der Waals surface area contributed by atoms with E-state index in [2.05, 4.69) is 17.2 Å². The lowest BCUT2D eigenvalue weighted by Gasteiger charge is -2.35. The molecule has 1 aliphatic heterocycles. The molecule has 0 saturated carbocycles. The average Bonchev–Trinajstić information content (AvgIpc) is 2.64. The molecule has 1 unspecified atom stereocenters. The topological polar surface area (TPSA) is 45.2 Å². The molecule has 2 heterocycles. The predicted octanol–water partition coefficient (Wildman–Crippen LogP) is 5.02. The first-order chi connectivity index (χ1) is 12.1. The second kappa shape index (κ2) is 7.83. The molecule has 1 amide bonds. The number of halogens is 2. The number of benzene rings is 1. The highest BCUT2D eigenvalue weighted by Crippen LogP contribution is 2.24. The van der Waals surface area contributed by atoms with Crippen LogP contribution >= 0.6 is 11.6 Å². The van der Waals surface area contributed by atoms with Crippen LogP contribution in [-0.2, 0) is 0 Å². The molecule has 1 aromatic carbocycles. The molecule has 3 rings (SSSR count). The summed E-state index contributed by atoms with van der Waals surface area (Å²) in [6.07, 6.45) is 5.86. The minimum Gasteiger partial charge on any atom is -0.340 e. The molecule has 1 aliphatic rings. The highest BCUT2D eigenvalue weighted by Gasteiger charge is 2.26. The fourth-order valence-corrected chi connectivity index (χ4v) is 3.39. The molecule has 4 nitrogen and oxygen atoms in total. The van der Waals surface area contributed by atoms with Gasteiger partial charge in [-0.15, -0.1) is 0 Å². The Bertz CT molecular complexity index is 768. The van der Waals surface area contributed by atoms with Crippen molar-refractivity contribution in [2.24, 2.45) is 0 Å². The molecule has 6 heteroatoms. The van der Waals surface area contributed by atoms with Gasteiger partial charge in [-0.1, -0.05) is 18.5 Å². The van der Waals surface area contributed by atoms with E-state index in [0.29, 0.717) is 23.1 Å². The first-order valence-electron chi connectivity index (χ1n) is 8.57. The number of carbonyl (C=O) groups is 1. The Morgan fingerprint density at radius 3 is 2.96 bits per heavy atom. The number of aromatic nitrogens is 1. The molecule has 0 spiro atoms. The second-order valence-electron chi connectivity index (χ2n) is 6.24. The van der Waals surface area contributed by atoms with Crippen LogP contribution in [0.3, 0.4) is 0 Å². The molecule has 2 aromatic rings. The molecule has 0 bridgehead atoms. The minimum absolute atomic E-state index is 0.0362. The molecule has 132 valence electrons. The maximum absolute atomic E-state index is 13.3. The Balaban J connectivity index is 1.78. The van der Waals surface area contributed by atoms with Gasteiger partial charge in [0.1, 0.15) is 11.6 Å². The van der Waals surface area contributed by atoms with Crippen LogP contribution in [0, 0.1) is 5.82 Å². The van der Waals surface area contributed by atoms with Crippen LogP contribution in [0.15, 0.2) is 36.5 Å². The molecule has 25 heavy (non-hydrogen) atoms. The number of nitrogens with one attached hydrogen (secondary N) is 1. The smallest absolute Gasteiger partial charge is 0.254 e. The second-order valence-corrected chi connectivity index (χ2v) is 6.65. The van der Waals surface area contributed by atoms with Gasteiger partial charge in [0.15, 0.2) is 0 Å². The maximum Gasteiger partial charge on any atom is 0.254 e. The molecular formula is C19H21ClFN3O. The number of carbonyl (C=O) groups excluding carboxylic acids is 1. The quantitative estimate of drug-likeness (QED) is 0.831. The zero-order valence-electron chi connectivity index (χ0n) is 14.1. The summed E-state index contributed by atoms with van der Waals surface area (Å²) in [4.78, 5) is 19.1. The van der Waals surface area contributed by atoms with E-state index in [1.807, 2.05) is 4.90 Å². The summed E-state index contributed by atoms with van der Waals surface area (Å²) >= 11 is 5.80. The summed E-state index contributed by atoms with van der Waals surface area (Å²) in [5.74, 6) is 0.0903. The van der Waals surface area contributed by atoms with Gasteiger partial charge in [-0.05, 0) is 56.0 Å². The van der Waals surface area contributed by atoms with Crippen LogP contribution < -0.4 is 5.32 Å². The molecule has 0 aliphatic carbocycles. The van der Waals surface area contributed by atoms with Crippen molar-refractivity contribution in [3.63, 3.8) is 0 Å². The number of rotatable bonds is 4. The third-order valence-corrected chi connectivity index (χ3v) is 4.85. The van der Waals surface area contributed by atoms with E-state index < -0.39 is 5.82 Å². The van der Waals surface area contributed by atoms with E-state index in [1.54, 1.807) is 24.4 Å². The lowest BCUT2D eigenvalue weighted by Crippen LogP contribution is -2.43. The van der Waals surface area contributed by atoms with Crippen molar-refractivity contribution in [1.82, 2.24) is 9.88 Å². The lowest BCUT2D eigenvalue weighted by atomic mass is 9.99. The van der Waals surface area contributed by atoms with Crippen LogP contribution in [0.25, 0.3) is 0 Å². The first kappa shape index (κ1) is 17.7. The average molecular weight is 362 g/mol. The Labute approximate surface area is 152 Å². The van der Waals surface area contributed by atoms with Crippen molar-refractivity contribution in [2.75, 3.05) is 11.9 Å². The fourth-order valence-electron chi connectivity index (χ4n) is 3.21. The number of nitrogens with zero attached hydrogens (tertiary/aromatic N) is 2. The predicted molar refractivity (Wildman–Crippen MR) is 97.9 cm³/mol. The van der Waals surface area contributed by atoms with Crippen LogP contribution in [0.2, 0.25) is 5.02 Å². The molecule has 1 saturated heterocycles. The van der Waals surface area contributed by atoms with Gasteiger partial charge in [0.05, 0.1) is 5.02 Å². The largest absolute Gasteiger partial charge is 0.340 e. The van der Waals surface area contributed by atoms with Gasteiger partial charge in [-0.25, -0.2) is 9.37 Å². The highest BCUT2D eigenvalue weighted by molar-refractivity contribution is 6.31. The van der Waals surface area contributed by atoms with Crippen LogP contribution in [0.1, 0.15) is 43.0 Å². The summed E-state index contributed by atoms with van der Waals surface area (Å²) in [6.45, 7) is 2.92. The van der Waals surface area contributed by atoms with Gasteiger partial charge < -0.3 is 10.2 Å². The zero-order chi connectivity index (χ0) is 17.8. The maximum atomic E-state index is 13.3. The summed E-state index contributed by atoms with van der Waals surface area (Å²) in [6, 6.07) is 8.12. The normalized spacial score (nSPS) is 17.4. The Hall–Kier alpha value is -2.14. The SMILES string of the molecule is CCC1CCCCN1C(=O)c1ccnc(Nc2ccc(F)c(Cl)c2)c1. The summed E-state index contributed by atoms with van der Waals surface area (Å²) in [5, 5.41) is 3.10. The van der Waals surface area contributed by atoms with Crippen molar-refractivity contribution in [3.05, 3.63) is 52.9 Å². The van der Waals surface area contributed by atoms with Gasteiger partial charge in [0.25, 0.3) is 5.91 Å². The Morgan fingerprint density at radius 2 is 2.20 bits per heavy atom. The number of pyridine rings is 1. The Morgan fingerprint density at radius 1 is 1.36 bits per heavy atom. The van der Waals surface area contributed by atoms with Gasteiger partial charge in [0, 0.05) is 30.0 Å². The minimum atomic E-state index is -0.472. The van der Waals surface area contributed by atoms with E-state index in [9.17, 15) is 9.18 Å². The number of hydrogen-bond donors (Lipinski definition) is 1. The third kappa shape index (κ3) is 4.10. The summed E-state index contributed by atoms with van der Waals surface area (Å²) in [5.41, 5.74) is 1.22. The standard InChI is InChI=1S/C19H21ClFN3O/c1-2-15-5-3-4-10-24(15)19(25)13-8-9-22-18(11-13)23-14-6-7-17(21)16(20)12-14/h6-9,11-12,15H,2-5,10H2,1H3,(H,22,23). The summed E-state index contributed by atoms with van der Waals surface area (Å²) in [7, 11) is 0. The van der Waals surface area contributed by atoms with Crippen molar-refractivity contribution < 1.29 is 9.18 Å². The van der Waals surface area contributed by atoms with Crippen molar-refractivity contribution >= 4 is 29.0 Å². The summed E-state index contributed by atoms with van der Waals surface area (Å²) < 4.78 is 13.3. The van der Waals surface area contributed by atoms with Gasteiger partial charge >= 0.3 is 0 Å². The van der Waals surface area contributed by atoms with Crippen molar-refractivity contribution in [1.29, 1.82) is 0 Å². The van der Waals surface area contributed by atoms with E-state index in [4.69, 9.17) is 11.6 Å². The van der Waals surface area contributed by atoms with Crippen LogP contribution in [0.4, 0.5) is 15.9 Å². The van der Waals surface area contributed by atoms with Crippen LogP contribution in [0.5, 0.6) is 0 Å². The Kier molecular flexibility index (Phi) is 5.53. The van der Waals surface area contributed by atoms with E-state index >= 15 is 0 Å². The lowest BCUT2D eigenvalue weighted by molar-refractivity contribution is 0.0608. The molecule has 1 N–H and O–H groups in total. The van der Waals surface area contributed by atoms with Gasteiger partial charge in [-0.2, -0.15) is 0 Å². The van der Waals surface area contributed by atoms with Gasteiger partial charge in [0.2, 0.25) is 0 Å². The van der Waals surface area contributed by atoms with Crippen molar-refractivity contribution in [2.45, 2.75) is 38.6 Å². The number of likely N-dealkylation sites (tertiary alicyclic amines) is 1. The number of hydrogen-bond acceptors (Lipinski definition) is 3. The first-order valence-corrected chi connectivity index (χ1v) is 8.95. The van der Waals surface area contributed by atoms with Crippen molar-refractivity contribution in [3.8, 4) is 0 Å². The van der Waals surface area contributed by atoms with E-state index in [1.165, 1.54) is 18.6 Å². The van der Waals surface area contributed by atoms with E-state index in [0.717, 1.165) is 25.8 Å². The molecule has 1 fully saturated rings. The number of anilines is 2. The van der Waals surface area contributed by atoms with E-state index in [-0.39, 0.29) is 10.9 Å². The fraction of sp³-hybridized carbons (Fsp3) is 0.368. The van der Waals surface area contributed by atoms with Gasteiger partial charge in [-0.3, -0.25) is 4.79 Å². The molecule has 1 aromatic heterocycles. The molecule has 0 radical (unpaired) electrons. The number of piperidine rings is 1. The number of amides is 1. The highest BCUT2D eigenvalue weighted by atomic mass is 35.5. The molecule has 1 atom stereocenters.